The quantitative estimate of drug-likeness (QED) is 0.723. The van der Waals surface area contributed by atoms with E-state index in [1.165, 1.54) is 5.56 Å². The van der Waals surface area contributed by atoms with E-state index in [0.717, 1.165) is 18.4 Å². The van der Waals surface area contributed by atoms with Crippen molar-refractivity contribution in [3.8, 4) is 0 Å². The average Bonchev–Trinajstić information content (AvgIpc) is 2.39. The van der Waals surface area contributed by atoms with Crippen molar-refractivity contribution in [1.29, 1.82) is 0 Å². The normalized spacial score (nSPS) is 12.9. The largest absolute Gasteiger partial charge is 0.383 e. The highest BCUT2D eigenvalue weighted by Gasteiger charge is 2.21. The Morgan fingerprint density at radius 2 is 1.56 bits per heavy atom. The Morgan fingerprint density at radius 3 is 2.00 bits per heavy atom. The van der Waals surface area contributed by atoms with Gasteiger partial charge < -0.3 is 14.6 Å². The van der Waals surface area contributed by atoms with E-state index in [4.69, 9.17) is 9.47 Å². The van der Waals surface area contributed by atoms with Gasteiger partial charge in [-0.25, -0.2) is 0 Å². The summed E-state index contributed by atoms with van der Waals surface area (Å²) in [5.74, 6) is 0. The molecule has 0 fully saturated rings. The second kappa shape index (κ2) is 8.25. The lowest BCUT2D eigenvalue weighted by molar-refractivity contribution is -0.191. The van der Waals surface area contributed by atoms with Crippen LogP contribution in [0.2, 0.25) is 0 Å². The molecular formula is C15H24O3. The number of aliphatic hydroxyl groups is 1. The smallest absolute Gasteiger partial charge is 0.187 e. The summed E-state index contributed by atoms with van der Waals surface area (Å²) >= 11 is 0. The monoisotopic (exact) mass is 252 g/mol. The van der Waals surface area contributed by atoms with Crippen LogP contribution in [0.3, 0.4) is 0 Å². The van der Waals surface area contributed by atoms with Crippen LogP contribution in [0.5, 0.6) is 0 Å². The van der Waals surface area contributed by atoms with Crippen molar-refractivity contribution < 1.29 is 14.6 Å². The lowest BCUT2D eigenvalue weighted by atomic mass is 10.0. The Morgan fingerprint density at radius 1 is 1.00 bits per heavy atom. The van der Waals surface area contributed by atoms with Gasteiger partial charge in [-0.2, -0.15) is 0 Å². The zero-order chi connectivity index (χ0) is 13.4. The van der Waals surface area contributed by atoms with Gasteiger partial charge in [-0.1, -0.05) is 37.6 Å². The van der Waals surface area contributed by atoms with Gasteiger partial charge in [-0.05, 0) is 31.4 Å². The molecular weight excluding hydrogens is 228 g/mol. The highest BCUT2D eigenvalue weighted by atomic mass is 16.7. The zero-order valence-corrected chi connectivity index (χ0v) is 11.6. The van der Waals surface area contributed by atoms with Crippen LogP contribution in [0.25, 0.3) is 0 Å². The van der Waals surface area contributed by atoms with E-state index in [9.17, 15) is 5.11 Å². The summed E-state index contributed by atoms with van der Waals surface area (Å²) in [6.07, 6.45) is 0.872. The number of aryl methyl sites for hydroxylation is 1. The van der Waals surface area contributed by atoms with Crippen molar-refractivity contribution >= 4 is 0 Å². The fourth-order valence-corrected chi connectivity index (χ4v) is 1.89. The lowest BCUT2D eigenvalue weighted by Crippen LogP contribution is -2.25. The summed E-state index contributed by atoms with van der Waals surface area (Å²) in [6, 6.07) is 8.00. The van der Waals surface area contributed by atoms with Gasteiger partial charge in [-0.15, -0.1) is 0 Å². The molecule has 0 radical (unpaired) electrons. The average molecular weight is 252 g/mol. The van der Waals surface area contributed by atoms with E-state index < -0.39 is 12.4 Å². The fourth-order valence-electron chi connectivity index (χ4n) is 1.89. The van der Waals surface area contributed by atoms with E-state index in [-0.39, 0.29) is 0 Å². The molecule has 0 amide bonds. The van der Waals surface area contributed by atoms with Crippen LogP contribution in [0, 0.1) is 0 Å². The predicted molar refractivity (Wildman–Crippen MR) is 72.4 cm³/mol. The number of benzene rings is 1. The second-order valence-corrected chi connectivity index (χ2v) is 4.22. The Bertz CT molecular complexity index is 315. The highest BCUT2D eigenvalue weighted by Crippen LogP contribution is 2.21. The molecule has 0 bridgehead atoms. The molecule has 18 heavy (non-hydrogen) atoms. The summed E-state index contributed by atoms with van der Waals surface area (Å²) in [5, 5.41) is 10.2. The second-order valence-electron chi connectivity index (χ2n) is 4.22. The third kappa shape index (κ3) is 4.41. The molecule has 0 saturated carbocycles. The molecule has 3 nitrogen and oxygen atoms in total. The summed E-state index contributed by atoms with van der Waals surface area (Å²) in [7, 11) is 0. The first-order chi connectivity index (χ1) is 8.72. The van der Waals surface area contributed by atoms with Gasteiger partial charge in [0.25, 0.3) is 0 Å². The predicted octanol–water partition coefficient (Wildman–Crippen LogP) is 3.07. The molecule has 0 saturated heterocycles. The molecule has 0 aliphatic heterocycles. The molecule has 1 atom stereocenters. The van der Waals surface area contributed by atoms with Crippen LogP contribution in [0.15, 0.2) is 24.3 Å². The molecule has 1 aromatic rings. The van der Waals surface area contributed by atoms with Gasteiger partial charge in [-0.3, -0.25) is 0 Å². The minimum atomic E-state index is -0.736. The lowest BCUT2D eigenvalue weighted by Gasteiger charge is -2.23. The van der Waals surface area contributed by atoms with Gasteiger partial charge in [0.2, 0.25) is 0 Å². The van der Waals surface area contributed by atoms with Crippen LogP contribution >= 0.6 is 0 Å². The standard InChI is InChI=1S/C15H24O3/c1-4-7-12-8-10-13(11-9-12)14(16)15(17-5-2)18-6-3/h8-11,14-16H,4-7H2,1-3H3. The van der Waals surface area contributed by atoms with Gasteiger partial charge in [0.05, 0.1) is 0 Å². The van der Waals surface area contributed by atoms with Crippen molar-refractivity contribution in [2.75, 3.05) is 13.2 Å². The zero-order valence-electron chi connectivity index (χ0n) is 11.6. The van der Waals surface area contributed by atoms with Crippen LogP contribution in [0.4, 0.5) is 0 Å². The van der Waals surface area contributed by atoms with Crippen LogP contribution in [-0.4, -0.2) is 24.6 Å². The summed E-state index contributed by atoms with van der Waals surface area (Å²) in [5.41, 5.74) is 2.12. The van der Waals surface area contributed by atoms with Gasteiger partial charge in [0, 0.05) is 13.2 Å². The number of hydrogen-bond acceptors (Lipinski definition) is 3. The van der Waals surface area contributed by atoms with E-state index >= 15 is 0 Å². The Kier molecular flexibility index (Phi) is 6.94. The molecule has 1 unspecified atom stereocenters. The number of rotatable bonds is 8. The van der Waals surface area contributed by atoms with Crippen LogP contribution in [0.1, 0.15) is 44.4 Å². The molecule has 1 aromatic carbocycles. The third-order valence-electron chi connectivity index (χ3n) is 2.78. The van der Waals surface area contributed by atoms with Crippen molar-refractivity contribution in [3.05, 3.63) is 35.4 Å². The Balaban J connectivity index is 2.70. The molecule has 0 spiro atoms. The van der Waals surface area contributed by atoms with Gasteiger partial charge in [0.15, 0.2) is 6.29 Å². The van der Waals surface area contributed by atoms with Gasteiger partial charge >= 0.3 is 0 Å². The number of hydrogen-bond donors (Lipinski definition) is 1. The first-order valence-corrected chi connectivity index (χ1v) is 6.73. The van der Waals surface area contributed by atoms with Crippen LogP contribution in [-0.2, 0) is 15.9 Å². The van der Waals surface area contributed by atoms with E-state index in [1.807, 2.05) is 26.0 Å². The maximum Gasteiger partial charge on any atom is 0.187 e. The Hall–Kier alpha value is -0.900. The fraction of sp³-hybridized carbons (Fsp3) is 0.600. The van der Waals surface area contributed by atoms with Crippen molar-refractivity contribution in [1.82, 2.24) is 0 Å². The molecule has 1 N–H and O–H groups in total. The molecule has 0 aliphatic carbocycles. The van der Waals surface area contributed by atoms with Crippen LogP contribution < -0.4 is 0 Å². The maximum atomic E-state index is 10.2. The molecule has 3 heteroatoms. The molecule has 0 aliphatic rings. The molecule has 0 aromatic heterocycles. The van der Waals surface area contributed by atoms with Crippen molar-refractivity contribution in [3.63, 3.8) is 0 Å². The minimum Gasteiger partial charge on any atom is -0.383 e. The third-order valence-corrected chi connectivity index (χ3v) is 2.78. The van der Waals surface area contributed by atoms with Crippen molar-refractivity contribution in [2.45, 2.75) is 46.0 Å². The first kappa shape index (κ1) is 15.2. The molecule has 102 valence electrons. The van der Waals surface area contributed by atoms with E-state index in [1.54, 1.807) is 0 Å². The number of ether oxygens (including phenoxy) is 2. The maximum absolute atomic E-state index is 10.2. The summed E-state index contributed by atoms with van der Waals surface area (Å²) in [6.45, 7) is 6.99. The van der Waals surface area contributed by atoms with E-state index in [2.05, 4.69) is 19.1 Å². The Labute approximate surface area is 110 Å². The van der Waals surface area contributed by atoms with Gasteiger partial charge in [0.1, 0.15) is 6.10 Å². The topological polar surface area (TPSA) is 38.7 Å². The summed E-state index contributed by atoms with van der Waals surface area (Å²) < 4.78 is 10.8. The van der Waals surface area contributed by atoms with E-state index in [0.29, 0.717) is 13.2 Å². The molecule has 0 heterocycles. The molecule has 1 rings (SSSR count). The summed E-state index contributed by atoms with van der Waals surface area (Å²) in [4.78, 5) is 0. The first-order valence-electron chi connectivity index (χ1n) is 6.73. The number of aliphatic hydroxyl groups excluding tert-OH is 1. The van der Waals surface area contributed by atoms with Crippen molar-refractivity contribution in [2.24, 2.45) is 0 Å². The highest BCUT2D eigenvalue weighted by molar-refractivity contribution is 5.24. The SMILES string of the molecule is CCCc1ccc(C(O)C(OCC)OCC)cc1. The minimum absolute atomic E-state index is 0.523.